The number of imidazole rings is 2. The van der Waals surface area contributed by atoms with Crippen LogP contribution in [0.15, 0.2) is 146 Å². The molecule has 0 aliphatic carbocycles. The molecule has 4 aromatic heterocycles. The van der Waals surface area contributed by atoms with Gasteiger partial charge < -0.3 is 13.5 Å². The van der Waals surface area contributed by atoms with Gasteiger partial charge in [-0.25, -0.2) is 0 Å². The molecule has 0 N–H and O–H groups in total. The second-order valence-corrected chi connectivity index (χ2v) is 15.8. The molecule has 8 aromatic carbocycles. The van der Waals surface area contributed by atoms with Gasteiger partial charge in [-0.05, 0) is 119 Å². The molecule has 5 nitrogen and oxygen atoms in total. The first kappa shape index (κ1) is 36.3. The van der Waals surface area contributed by atoms with Gasteiger partial charge in [0.15, 0.2) is 0 Å². The van der Waals surface area contributed by atoms with Gasteiger partial charge in [0, 0.05) is 22.5 Å². The van der Waals surface area contributed by atoms with Crippen LogP contribution >= 0.6 is 0 Å². The summed E-state index contributed by atoms with van der Waals surface area (Å²) in [7, 11) is 0. The van der Waals surface area contributed by atoms with Crippen LogP contribution in [0.3, 0.4) is 0 Å². The number of hydrogen-bond acceptors (Lipinski definition) is 3. The molecule has 12 aromatic rings. The molecule has 12 rings (SSSR count). The summed E-state index contributed by atoms with van der Waals surface area (Å²) in [6.45, 7) is 8.76. The number of aromatic nitrogens is 4. The van der Waals surface area contributed by atoms with E-state index in [-0.39, 0.29) is 20.4 Å². The summed E-state index contributed by atoms with van der Waals surface area (Å²) in [5.74, 6) is 1.18. The maximum absolute atomic E-state index is 6.74. The zero-order chi connectivity index (χ0) is 39.5. The number of aryl methyl sites for hydroxylation is 4. The zero-order valence-corrected chi connectivity index (χ0v) is 34.9. The largest absolute Gasteiger partial charge is 2.00 e. The smallest absolute Gasteiger partial charge is 0.497 e. The Morgan fingerprint density at radius 2 is 0.950 bits per heavy atom. The number of hydrogen-bond donors (Lipinski definition) is 0. The Balaban J connectivity index is 0.00000408. The van der Waals surface area contributed by atoms with E-state index in [9.17, 15) is 0 Å². The molecule has 0 saturated heterocycles. The van der Waals surface area contributed by atoms with Gasteiger partial charge in [0.05, 0.1) is 33.4 Å². The third-order valence-electron chi connectivity index (χ3n) is 12.2. The van der Waals surface area contributed by atoms with Crippen molar-refractivity contribution in [1.29, 1.82) is 0 Å². The van der Waals surface area contributed by atoms with Crippen LogP contribution in [0.4, 0.5) is 0 Å². The molecule has 0 radical (unpaired) electrons. The van der Waals surface area contributed by atoms with Gasteiger partial charge in [0.1, 0.15) is 0 Å². The first-order valence-corrected chi connectivity index (χ1v) is 20.1. The Morgan fingerprint density at radius 3 is 1.58 bits per heavy atom. The van der Waals surface area contributed by atoms with Crippen molar-refractivity contribution < 1.29 is 25.2 Å². The van der Waals surface area contributed by atoms with Crippen molar-refractivity contribution in [3.8, 4) is 33.8 Å². The maximum Gasteiger partial charge on any atom is 2.00 e. The van der Waals surface area contributed by atoms with Crippen LogP contribution in [-0.4, -0.2) is 18.8 Å². The Morgan fingerprint density at radius 1 is 0.450 bits per heavy atom. The number of rotatable bonds is 4. The maximum atomic E-state index is 6.74. The van der Waals surface area contributed by atoms with Crippen LogP contribution in [0, 0.1) is 39.8 Å². The molecule has 288 valence electrons. The van der Waals surface area contributed by atoms with E-state index in [1.807, 2.05) is 24.3 Å². The van der Waals surface area contributed by atoms with Crippen LogP contribution < -0.4 is 4.74 Å². The predicted molar refractivity (Wildman–Crippen MR) is 243 cm³/mol. The molecular weight excluding hydrogens is 827 g/mol. The average Bonchev–Trinajstić information content (AvgIpc) is 3.84. The molecule has 0 bridgehead atoms. The molecule has 4 heterocycles. The van der Waals surface area contributed by atoms with Gasteiger partial charge in [-0.3, -0.25) is 9.97 Å². The summed E-state index contributed by atoms with van der Waals surface area (Å²) >= 11 is 0. The number of fused-ring (bicyclic) bond motifs is 16. The molecule has 0 spiro atoms. The van der Waals surface area contributed by atoms with Gasteiger partial charge in [0.2, 0.25) is 0 Å². The monoisotopic (exact) mass is 862 g/mol. The molecule has 0 saturated carbocycles. The molecular formula is C54H36N4OPd. The van der Waals surface area contributed by atoms with Crippen molar-refractivity contribution >= 4 is 76.7 Å². The third-order valence-corrected chi connectivity index (χ3v) is 12.2. The summed E-state index contributed by atoms with van der Waals surface area (Å²) in [5, 5.41) is 6.25. The number of pyridine rings is 2. The van der Waals surface area contributed by atoms with Crippen molar-refractivity contribution in [2.24, 2.45) is 0 Å². The summed E-state index contributed by atoms with van der Waals surface area (Å²) in [6.07, 6.45) is 0. The Hall–Kier alpha value is -6.84. The molecule has 60 heavy (non-hydrogen) atoms. The summed E-state index contributed by atoms with van der Waals surface area (Å²) in [5.41, 5.74) is 17.8. The van der Waals surface area contributed by atoms with Gasteiger partial charge in [-0.15, -0.1) is 12.1 Å². The number of nitrogens with zero attached hydrogens (tertiary/aromatic N) is 4. The minimum atomic E-state index is 0. The van der Waals surface area contributed by atoms with E-state index in [0.29, 0.717) is 11.5 Å². The molecule has 0 unspecified atom stereocenters. The van der Waals surface area contributed by atoms with E-state index in [0.717, 1.165) is 76.7 Å². The Kier molecular flexibility index (Phi) is 8.22. The predicted octanol–water partition coefficient (Wildman–Crippen LogP) is 13.9. The standard InChI is InChI=1S/C54H36N4O.Pd/c1-31-12-9-13-32(2)50(31)35-22-25-39-38-26-23-36(29-42(38)53-55-45-18-6-8-20-47(45)58(53)49(39)28-35)59-37-24-27-40-43(30-37)54-56-44-17-5-7-19-46(44)57(54)48-21-11-16-41(52(40)48)51-33(3)14-10-15-34(51)4;/h5-28H,1-4H3;/q-2;+2. The van der Waals surface area contributed by atoms with Gasteiger partial charge in [0.25, 0.3) is 0 Å². The van der Waals surface area contributed by atoms with Crippen molar-refractivity contribution in [3.63, 3.8) is 0 Å². The number of ether oxygens (including phenoxy) is 1. The van der Waals surface area contributed by atoms with Gasteiger partial charge in [-0.2, -0.15) is 0 Å². The van der Waals surface area contributed by atoms with Crippen LogP contribution in [-0.2, 0) is 20.4 Å². The summed E-state index contributed by atoms with van der Waals surface area (Å²) in [4.78, 5) is 10.4. The number of benzene rings is 8. The van der Waals surface area contributed by atoms with Crippen molar-refractivity contribution in [2.45, 2.75) is 27.7 Å². The minimum absolute atomic E-state index is 0. The SMILES string of the molecule is Cc1cccc(C)c1-c1ccc2c3ccc(Oc4[c-]c5c(cc4)c4c(-c6c(C)cccc6C)cccc4n4c6ccccc6nc54)[c-]c3c3nc4ccccc4n3c2c1.[Pd+2]. The fourth-order valence-electron chi connectivity index (χ4n) is 9.67. The van der Waals surface area contributed by atoms with E-state index in [1.165, 1.54) is 44.5 Å². The van der Waals surface area contributed by atoms with E-state index in [2.05, 4.69) is 170 Å². The van der Waals surface area contributed by atoms with Crippen molar-refractivity contribution in [2.75, 3.05) is 0 Å². The first-order chi connectivity index (χ1) is 28.9. The van der Waals surface area contributed by atoms with E-state index in [1.54, 1.807) is 0 Å². The van der Waals surface area contributed by atoms with Crippen molar-refractivity contribution in [1.82, 2.24) is 18.8 Å². The second-order valence-electron chi connectivity index (χ2n) is 15.8. The Labute approximate surface area is 360 Å². The van der Waals surface area contributed by atoms with E-state index in [4.69, 9.17) is 14.7 Å². The molecule has 6 heteroatoms. The van der Waals surface area contributed by atoms with Crippen LogP contribution in [0.2, 0.25) is 0 Å². The van der Waals surface area contributed by atoms with Crippen molar-refractivity contribution in [3.05, 3.63) is 180 Å². The zero-order valence-electron chi connectivity index (χ0n) is 33.4. The molecule has 0 aliphatic heterocycles. The van der Waals surface area contributed by atoms with Crippen LogP contribution in [0.5, 0.6) is 11.5 Å². The first-order valence-electron chi connectivity index (χ1n) is 20.1. The molecule has 0 atom stereocenters. The quantitative estimate of drug-likeness (QED) is 0.101. The number of para-hydroxylation sites is 4. The average molecular weight is 863 g/mol. The van der Waals surface area contributed by atoms with E-state index >= 15 is 0 Å². The van der Waals surface area contributed by atoms with Crippen LogP contribution in [0.1, 0.15) is 22.3 Å². The molecule has 0 amide bonds. The topological polar surface area (TPSA) is 43.8 Å². The fourth-order valence-corrected chi connectivity index (χ4v) is 9.67. The fraction of sp³-hybridized carbons (Fsp3) is 0.0741. The second kappa shape index (κ2) is 13.6. The summed E-state index contributed by atoms with van der Waals surface area (Å²) < 4.78 is 11.3. The van der Waals surface area contributed by atoms with Gasteiger partial charge in [-0.1, -0.05) is 131 Å². The minimum Gasteiger partial charge on any atom is -0.497 e. The van der Waals surface area contributed by atoms with Gasteiger partial charge >= 0.3 is 20.4 Å². The molecule has 0 fully saturated rings. The van der Waals surface area contributed by atoms with Crippen LogP contribution in [0.25, 0.3) is 99.0 Å². The normalized spacial score (nSPS) is 11.9. The van der Waals surface area contributed by atoms with E-state index < -0.39 is 0 Å². The summed E-state index contributed by atoms with van der Waals surface area (Å²) in [6, 6.07) is 58.8. The molecule has 0 aliphatic rings. The third kappa shape index (κ3) is 5.28. The Bertz CT molecular complexity index is 3720.